The fourth-order valence-electron chi connectivity index (χ4n) is 8.28. The van der Waals surface area contributed by atoms with Crippen molar-refractivity contribution in [3.05, 3.63) is 109 Å². The predicted octanol–water partition coefficient (Wildman–Crippen LogP) is 13.3. The second-order valence-corrected chi connectivity index (χ2v) is 19.6. The van der Waals surface area contributed by atoms with Crippen LogP contribution in [0, 0.1) is 0 Å². The van der Waals surface area contributed by atoms with E-state index in [-0.39, 0.29) is 19.4 Å². The van der Waals surface area contributed by atoms with Gasteiger partial charge in [-0.05, 0) is 89.9 Å². The molecule has 0 radical (unpaired) electrons. The zero-order valence-corrected chi connectivity index (χ0v) is 46.4. The summed E-state index contributed by atoms with van der Waals surface area (Å²) in [4.78, 5) is 26.4. The quantitative estimate of drug-likeness (QED) is 0.0196. The highest BCUT2D eigenvalue weighted by Crippen LogP contribution is 2.26. The number of allylic oxidation sites excluding steroid dienone is 16. The molecule has 1 aliphatic rings. The van der Waals surface area contributed by atoms with Crippen LogP contribution in [0.3, 0.4) is 0 Å². The summed E-state index contributed by atoms with van der Waals surface area (Å²) in [5, 5.41) is 56.7. The molecular formula is C63H105NO10. The van der Waals surface area contributed by atoms with Crippen molar-refractivity contribution in [3.8, 4) is 0 Å². The van der Waals surface area contributed by atoms with Crippen molar-refractivity contribution in [2.75, 3.05) is 13.2 Å². The van der Waals surface area contributed by atoms with E-state index in [1.807, 2.05) is 12.2 Å². The Morgan fingerprint density at radius 1 is 0.541 bits per heavy atom. The van der Waals surface area contributed by atoms with Crippen molar-refractivity contribution in [2.24, 2.45) is 0 Å². The molecule has 11 nitrogen and oxygen atoms in total. The summed E-state index contributed by atoms with van der Waals surface area (Å²) < 4.78 is 17.5. The molecule has 0 aromatic rings. The summed E-state index contributed by atoms with van der Waals surface area (Å²) in [5.74, 6) is -1.32. The average molecular weight is 1040 g/mol. The van der Waals surface area contributed by atoms with Crippen LogP contribution in [0.4, 0.5) is 0 Å². The van der Waals surface area contributed by atoms with Gasteiger partial charge in [0.1, 0.15) is 24.4 Å². The van der Waals surface area contributed by atoms with E-state index < -0.39 is 67.4 Å². The van der Waals surface area contributed by atoms with Gasteiger partial charge in [0.15, 0.2) is 12.4 Å². The Labute approximate surface area is 449 Å². The van der Waals surface area contributed by atoms with E-state index in [9.17, 15) is 35.1 Å². The van der Waals surface area contributed by atoms with Gasteiger partial charge >= 0.3 is 5.97 Å². The van der Waals surface area contributed by atoms with E-state index in [0.29, 0.717) is 12.8 Å². The van der Waals surface area contributed by atoms with Crippen molar-refractivity contribution >= 4 is 11.9 Å². The molecule has 8 unspecified atom stereocenters. The fraction of sp³-hybridized carbons (Fsp3) is 0.683. The molecular weight excluding hydrogens is 931 g/mol. The van der Waals surface area contributed by atoms with E-state index in [0.717, 1.165) is 83.5 Å². The lowest BCUT2D eigenvalue weighted by atomic mass is 9.99. The molecule has 1 aliphatic heterocycles. The molecule has 1 amide bonds. The number of rotatable bonds is 47. The second-order valence-electron chi connectivity index (χ2n) is 19.6. The van der Waals surface area contributed by atoms with Gasteiger partial charge in [0.05, 0.1) is 25.4 Å². The number of ether oxygens (including phenoxy) is 3. The number of unbranched alkanes of at least 4 members (excludes halogenated alkanes) is 18. The van der Waals surface area contributed by atoms with Crippen LogP contribution in [0.2, 0.25) is 0 Å². The van der Waals surface area contributed by atoms with Crippen molar-refractivity contribution in [3.63, 3.8) is 0 Å². The molecule has 1 saturated heterocycles. The minimum atomic E-state index is -1.65. The average Bonchev–Trinajstić information content (AvgIpc) is 3.40. The first-order valence-electron chi connectivity index (χ1n) is 29.2. The molecule has 8 atom stereocenters. The van der Waals surface area contributed by atoms with Gasteiger partial charge in [-0.25, -0.2) is 0 Å². The van der Waals surface area contributed by atoms with Crippen LogP contribution < -0.4 is 5.32 Å². The van der Waals surface area contributed by atoms with Gasteiger partial charge in [-0.15, -0.1) is 0 Å². The molecule has 1 fully saturated rings. The number of hydrogen-bond donors (Lipinski definition) is 6. The van der Waals surface area contributed by atoms with Crippen molar-refractivity contribution < 1.29 is 49.3 Å². The highest BCUT2D eigenvalue weighted by Gasteiger charge is 2.47. The largest absolute Gasteiger partial charge is 0.454 e. The lowest BCUT2D eigenvalue weighted by molar-refractivity contribution is -0.305. The Balaban J connectivity index is 2.76. The molecule has 422 valence electrons. The third kappa shape index (κ3) is 38.0. The maximum absolute atomic E-state index is 13.3. The lowest BCUT2D eigenvalue weighted by Crippen LogP contribution is -2.61. The number of esters is 1. The SMILES string of the molecule is CC/C=C\C/C=C\C/C=C\C/C=C\C/C=C\C/C=C\CCCCC(=O)OC1C(OCC(NC(=O)C(O)C/C=C/C/C=C\CCCCCCCC)C(O)/C=C/CCCCCCCCCCCC)OC(CO)C(O)C1O. The van der Waals surface area contributed by atoms with Crippen molar-refractivity contribution in [1.82, 2.24) is 5.32 Å². The molecule has 1 heterocycles. The molecule has 11 heteroatoms. The zero-order chi connectivity index (χ0) is 54.0. The summed E-state index contributed by atoms with van der Waals surface area (Å²) in [6, 6.07) is -1.07. The monoisotopic (exact) mass is 1040 g/mol. The number of carbonyl (C=O) groups is 2. The zero-order valence-electron chi connectivity index (χ0n) is 46.4. The first kappa shape index (κ1) is 68.3. The summed E-state index contributed by atoms with van der Waals surface area (Å²) in [7, 11) is 0. The Kier molecular flexibility index (Phi) is 46.3. The standard InChI is InChI=1S/C63H105NO10/c1-4-7-10-13-16-19-22-25-26-27-28-29-30-31-32-33-36-39-42-45-48-51-58(68)74-61-60(70)59(69)57(52-65)73-63(61)72-53-54(55(66)49-46-43-40-37-34-23-20-17-14-11-8-5-2)64-62(71)56(67)50-47-44-41-38-35-24-21-18-15-12-9-6-3/h7,10,16,19,25-26,28-29,31-32,35-36,38-39,44,46-47,49,54-57,59-61,63,65-67,69-70H,4-6,8-9,11-15,17-18,20-24,27,30,33-34,37,40-43,45,48,50-53H2,1-3H3,(H,64,71)/b10-7-,19-16-,26-25-,29-28-,32-31-,38-35-,39-36-,47-44+,49-46+. The highest BCUT2D eigenvalue weighted by molar-refractivity contribution is 5.81. The van der Waals surface area contributed by atoms with E-state index in [1.165, 1.54) is 83.5 Å². The molecule has 0 spiro atoms. The van der Waals surface area contributed by atoms with Gasteiger partial charge < -0.3 is 45.1 Å². The number of nitrogens with one attached hydrogen (secondary N) is 1. The summed E-state index contributed by atoms with van der Waals surface area (Å²) in [6.07, 6.45) is 57.3. The second kappa shape index (κ2) is 50.2. The Bertz CT molecular complexity index is 1610. The van der Waals surface area contributed by atoms with Gasteiger partial charge in [0.25, 0.3) is 0 Å². The van der Waals surface area contributed by atoms with Gasteiger partial charge in [0, 0.05) is 12.8 Å². The molecule has 0 saturated carbocycles. The smallest absolute Gasteiger partial charge is 0.306 e. The molecule has 0 aromatic carbocycles. The maximum Gasteiger partial charge on any atom is 0.306 e. The number of aliphatic hydroxyl groups is 5. The molecule has 6 N–H and O–H groups in total. The number of carbonyl (C=O) groups excluding carboxylic acids is 2. The molecule has 1 rings (SSSR count). The van der Waals surface area contributed by atoms with Crippen molar-refractivity contribution in [2.45, 2.75) is 262 Å². The minimum Gasteiger partial charge on any atom is -0.454 e. The van der Waals surface area contributed by atoms with E-state index in [1.54, 1.807) is 12.2 Å². The first-order valence-corrected chi connectivity index (χ1v) is 29.2. The Morgan fingerprint density at radius 3 is 1.46 bits per heavy atom. The third-order valence-electron chi connectivity index (χ3n) is 12.9. The maximum atomic E-state index is 13.3. The number of aliphatic hydroxyl groups excluding tert-OH is 5. The highest BCUT2D eigenvalue weighted by atomic mass is 16.7. The van der Waals surface area contributed by atoms with E-state index >= 15 is 0 Å². The Hall–Kier alpha value is -3.68. The molecule has 0 bridgehead atoms. The van der Waals surface area contributed by atoms with Crippen LogP contribution in [-0.2, 0) is 23.8 Å². The van der Waals surface area contributed by atoms with Crippen LogP contribution in [0.5, 0.6) is 0 Å². The van der Waals surface area contributed by atoms with E-state index in [4.69, 9.17) is 14.2 Å². The molecule has 0 aliphatic carbocycles. The van der Waals surface area contributed by atoms with Gasteiger partial charge in [-0.1, -0.05) is 220 Å². The van der Waals surface area contributed by atoms with Crippen LogP contribution in [0.15, 0.2) is 109 Å². The van der Waals surface area contributed by atoms with Crippen molar-refractivity contribution in [1.29, 1.82) is 0 Å². The van der Waals surface area contributed by atoms with Crippen LogP contribution in [0.25, 0.3) is 0 Å². The van der Waals surface area contributed by atoms with E-state index in [2.05, 4.69) is 111 Å². The molecule has 0 aromatic heterocycles. The number of hydrogen-bond acceptors (Lipinski definition) is 10. The van der Waals surface area contributed by atoms with Crippen LogP contribution in [0.1, 0.15) is 213 Å². The fourth-order valence-corrected chi connectivity index (χ4v) is 8.28. The molecule has 74 heavy (non-hydrogen) atoms. The van der Waals surface area contributed by atoms with Gasteiger partial charge in [0.2, 0.25) is 5.91 Å². The van der Waals surface area contributed by atoms with Gasteiger partial charge in [-0.2, -0.15) is 0 Å². The topological polar surface area (TPSA) is 175 Å². The van der Waals surface area contributed by atoms with Crippen LogP contribution in [-0.4, -0.2) is 99.6 Å². The summed E-state index contributed by atoms with van der Waals surface area (Å²) >= 11 is 0. The first-order chi connectivity index (χ1) is 36.2. The lowest BCUT2D eigenvalue weighted by Gasteiger charge is -2.41. The predicted molar refractivity (Wildman–Crippen MR) is 305 cm³/mol. The van der Waals surface area contributed by atoms with Crippen LogP contribution >= 0.6 is 0 Å². The number of amides is 1. The summed E-state index contributed by atoms with van der Waals surface area (Å²) in [5.41, 5.74) is 0. The minimum absolute atomic E-state index is 0.0567. The third-order valence-corrected chi connectivity index (χ3v) is 12.9. The normalized spacial score (nSPS) is 20.1. The van der Waals surface area contributed by atoms with Gasteiger partial charge in [-0.3, -0.25) is 9.59 Å². The Morgan fingerprint density at radius 2 is 0.973 bits per heavy atom. The summed E-state index contributed by atoms with van der Waals surface area (Å²) in [6.45, 7) is 5.57.